The zero-order valence-electron chi connectivity index (χ0n) is 18.4. The van der Waals surface area contributed by atoms with Crippen molar-refractivity contribution in [2.24, 2.45) is 0 Å². The highest BCUT2D eigenvalue weighted by atomic mass is 19.1. The molecular weight excluding hydrogens is 423 g/mol. The first-order valence-corrected chi connectivity index (χ1v) is 11.0. The Bertz CT molecular complexity index is 1140. The van der Waals surface area contributed by atoms with Gasteiger partial charge in [0.25, 0.3) is 0 Å². The number of hydrogen-bond donors (Lipinski definition) is 0. The van der Waals surface area contributed by atoms with Crippen LogP contribution in [0, 0.1) is 19.3 Å². The van der Waals surface area contributed by atoms with Crippen LogP contribution in [0.2, 0.25) is 0 Å². The van der Waals surface area contributed by atoms with Crippen LogP contribution in [0.3, 0.4) is 0 Å². The third kappa shape index (κ3) is 4.48. The summed E-state index contributed by atoms with van der Waals surface area (Å²) in [6.07, 6.45) is 4.20. The van der Waals surface area contributed by atoms with Crippen molar-refractivity contribution in [3.05, 3.63) is 70.7 Å². The Morgan fingerprint density at radius 2 is 2.12 bits per heavy atom. The van der Waals surface area contributed by atoms with Gasteiger partial charge in [-0.05, 0) is 52.6 Å². The highest BCUT2D eigenvalue weighted by Gasteiger charge is 2.34. The number of fused-ring (bicyclic) bond motifs is 1. The smallest absolute Gasteiger partial charge is 0.225 e. The Labute approximate surface area is 191 Å². The molecule has 1 aromatic carbocycles. The number of tetrazole rings is 1. The van der Waals surface area contributed by atoms with Crippen LogP contribution in [0.1, 0.15) is 22.8 Å². The summed E-state index contributed by atoms with van der Waals surface area (Å²) < 4.78 is 21.6. The summed E-state index contributed by atoms with van der Waals surface area (Å²) in [6, 6.07) is 7.48. The van der Waals surface area contributed by atoms with Crippen LogP contribution >= 0.6 is 0 Å². The van der Waals surface area contributed by atoms with Gasteiger partial charge >= 0.3 is 0 Å². The third-order valence-corrected chi connectivity index (χ3v) is 6.57. The van der Waals surface area contributed by atoms with Gasteiger partial charge in [0.15, 0.2) is 5.82 Å². The van der Waals surface area contributed by atoms with Crippen LogP contribution in [0.15, 0.2) is 36.8 Å². The molecule has 5 rings (SSSR count). The van der Waals surface area contributed by atoms with Crippen LogP contribution in [-0.4, -0.2) is 80.4 Å². The predicted molar refractivity (Wildman–Crippen MR) is 119 cm³/mol. The Morgan fingerprint density at radius 3 is 2.88 bits per heavy atom. The van der Waals surface area contributed by atoms with Gasteiger partial charge in [-0.15, -0.1) is 5.10 Å². The molecule has 2 aromatic heterocycles. The monoisotopic (exact) mass is 448 g/mol. The number of benzene rings is 1. The van der Waals surface area contributed by atoms with E-state index >= 15 is 0 Å². The number of pyridine rings is 1. The number of rotatable bonds is 5. The number of ether oxygens (including phenoxy) is 1. The molecule has 0 radical (unpaired) electrons. The van der Waals surface area contributed by atoms with Crippen LogP contribution in [0.4, 0.5) is 10.1 Å². The van der Waals surface area contributed by atoms with Crippen molar-refractivity contribution < 1.29 is 9.13 Å². The summed E-state index contributed by atoms with van der Waals surface area (Å²) >= 11 is 0. The second-order valence-corrected chi connectivity index (χ2v) is 8.52. The largest absolute Gasteiger partial charge is 0.371 e. The van der Waals surface area contributed by atoms with E-state index in [1.807, 2.05) is 19.2 Å². The average Bonchev–Trinajstić information content (AvgIpc) is 3.38. The fraction of sp³-hybridized carbons (Fsp3) is 0.435. The van der Waals surface area contributed by atoms with Crippen molar-refractivity contribution in [3.8, 4) is 5.82 Å². The first-order chi connectivity index (χ1) is 16.1. The maximum atomic E-state index is 13.9. The molecule has 0 N–H and O–H groups in total. The maximum Gasteiger partial charge on any atom is 0.225 e. The molecule has 2 fully saturated rings. The predicted octanol–water partition coefficient (Wildman–Crippen LogP) is 2.36. The molecule has 10 heteroatoms. The fourth-order valence-corrected chi connectivity index (χ4v) is 4.66. The van der Waals surface area contributed by atoms with Crippen molar-refractivity contribution in [2.75, 3.05) is 39.3 Å². The molecule has 9 nitrogen and oxygen atoms in total. The molecule has 0 amide bonds. The average molecular weight is 449 g/mol. The lowest BCUT2D eigenvalue weighted by molar-refractivity contribution is -0.0902. The van der Waals surface area contributed by atoms with Gasteiger partial charge in [0.05, 0.1) is 19.3 Å². The Morgan fingerprint density at radius 1 is 1.21 bits per heavy atom. The van der Waals surface area contributed by atoms with Gasteiger partial charge in [-0.3, -0.25) is 4.90 Å². The molecule has 2 aliphatic heterocycles. The number of halogens is 1. The molecule has 4 heterocycles. The minimum absolute atomic E-state index is 0.100. The van der Waals surface area contributed by atoms with E-state index in [0.717, 1.165) is 44.7 Å². The summed E-state index contributed by atoms with van der Waals surface area (Å²) in [5.41, 5.74) is 2.88. The number of morpholine rings is 1. The topological polar surface area (TPSA) is 76.6 Å². The molecule has 33 heavy (non-hydrogen) atoms. The van der Waals surface area contributed by atoms with E-state index in [2.05, 4.69) is 41.2 Å². The van der Waals surface area contributed by atoms with Crippen LogP contribution < -0.4 is 0 Å². The highest BCUT2D eigenvalue weighted by Crippen LogP contribution is 2.34. The quantitative estimate of drug-likeness (QED) is 0.555. The van der Waals surface area contributed by atoms with E-state index in [4.69, 9.17) is 11.3 Å². The zero-order valence-corrected chi connectivity index (χ0v) is 18.4. The van der Waals surface area contributed by atoms with E-state index in [1.54, 1.807) is 6.07 Å². The Balaban J connectivity index is 1.15. The van der Waals surface area contributed by atoms with E-state index in [-0.39, 0.29) is 11.8 Å². The van der Waals surface area contributed by atoms with Crippen LogP contribution in [0.25, 0.3) is 10.7 Å². The minimum Gasteiger partial charge on any atom is -0.371 e. The summed E-state index contributed by atoms with van der Waals surface area (Å²) in [7, 11) is 0. The standard InChI is InChI=1S/C23H25FN8O/c1-16-19(4-5-20(24)23(16)25-2)21-13-31-10-9-30(12-18(31)14-33-21)8-7-17-3-6-22(26-11-17)32-15-27-28-29-32/h3-6,11,15,18,21H,7-10,12-14H2,1H3/t18-,21+/m0/s1. The Hall–Kier alpha value is -3.26. The lowest BCUT2D eigenvalue weighted by Crippen LogP contribution is -2.58. The first-order valence-electron chi connectivity index (χ1n) is 11.0. The minimum atomic E-state index is -0.464. The molecule has 170 valence electrons. The van der Waals surface area contributed by atoms with Crippen molar-refractivity contribution in [1.29, 1.82) is 0 Å². The van der Waals surface area contributed by atoms with Gasteiger partial charge in [-0.1, -0.05) is 12.1 Å². The van der Waals surface area contributed by atoms with E-state index < -0.39 is 5.82 Å². The maximum absolute atomic E-state index is 13.9. The van der Waals surface area contributed by atoms with E-state index in [9.17, 15) is 4.39 Å². The lowest BCUT2D eigenvalue weighted by Gasteiger charge is -2.46. The summed E-state index contributed by atoms with van der Waals surface area (Å²) in [5, 5.41) is 11.1. The molecular formula is C23H25FN8O. The van der Waals surface area contributed by atoms with Gasteiger partial charge in [-0.25, -0.2) is 14.2 Å². The molecule has 3 aromatic rings. The number of nitrogens with zero attached hydrogens (tertiary/aromatic N) is 8. The molecule has 0 unspecified atom stereocenters. The van der Waals surface area contributed by atoms with Gasteiger partial charge in [0.1, 0.15) is 12.1 Å². The van der Waals surface area contributed by atoms with Gasteiger partial charge in [0.2, 0.25) is 5.69 Å². The SMILES string of the molecule is [C-]#[N+]c1c(F)ccc([C@H]2CN3CCN(CCc4ccc(-n5cnnn5)nc4)C[C@H]3CO2)c1C. The Kier molecular flexibility index (Phi) is 6.09. The molecule has 2 atom stereocenters. The van der Waals surface area contributed by atoms with Gasteiger partial charge in [-0.2, -0.15) is 4.68 Å². The number of piperazine rings is 1. The summed E-state index contributed by atoms with van der Waals surface area (Å²) in [4.78, 5) is 12.7. The highest BCUT2D eigenvalue weighted by molar-refractivity contribution is 5.56. The normalized spacial score (nSPS) is 21.5. The summed E-state index contributed by atoms with van der Waals surface area (Å²) in [5.74, 6) is 0.236. The second-order valence-electron chi connectivity index (χ2n) is 8.52. The van der Waals surface area contributed by atoms with E-state index in [1.165, 1.54) is 22.6 Å². The summed E-state index contributed by atoms with van der Waals surface area (Å²) in [6.45, 7) is 14.4. The van der Waals surface area contributed by atoms with Crippen molar-refractivity contribution >= 4 is 5.69 Å². The molecule has 0 saturated carbocycles. The lowest BCUT2D eigenvalue weighted by atomic mass is 9.98. The molecule has 0 bridgehead atoms. The molecule has 0 aliphatic carbocycles. The van der Waals surface area contributed by atoms with Gasteiger partial charge in [0, 0.05) is 45.0 Å². The van der Waals surface area contributed by atoms with Crippen LogP contribution in [0.5, 0.6) is 0 Å². The van der Waals surface area contributed by atoms with Crippen molar-refractivity contribution in [3.63, 3.8) is 0 Å². The first kappa shape index (κ1) is 21.6. The second kappa shape index (κ2) is 9.31. The third-order valence-electron chi connectivity index (χ3n) is 6.57. The van der Waals surface area contributed by atoms with Crippen molar-refractivity contribution in [1.82, 2.24) is 35.0 Å². The zero-order chi connectivity index (χ0) is 22.8. The number of hydrogen-bond acceptors (Lipinski definition) is 7. The van der Waals surface area contributed by atoms with Crippen molar-refractivity contribution in [2.45, 2.75) is 25.5 Å². The van der Waals surface area contributed by atoms with Gasteiger partial charge < -0.3 is 9.64 Å². The fourth-order valence-electron chi connectivity index (χ4n) is 4.66. The molecule has 0 spiro atoms. The molecule has 2 aliphatic rings. The van der Waals surface area contributed by atoms with E-state index in [0.29, 0.717) is 24.0 Å². The molecule has 2 saturated heterocycles. The number of aromatic nitrogens is 5. The van der Waals surface area contributed by atoms with Crippen LogP contribution in [-0.2, 0) is 11.2 Å².